The van der Waals surface area contributed by atoms with Gasteiger partial charge < -0.3 is 5.11 Å². The van der Waals surface area contributed by atoms with Gasteiger partial charge in [0.25, 0.3) is 0 Å². The fraction of sp³-hybridized carbons (Fsp3) is 0.118. The van der Waals surface area contributed by atoms with Crippen molar-refractivity contribution in [2.75, 3.05) is 0 Å². The summed E-state index contributed by atoms with van der Waals surface area (Å²) in [5.41, 5.74) is 0.854. The summed E-state index contributed by atoms with van der Waals surface area (Å²) in [4.78, 5) is 0.824. The number of thiophene rings is 1. The number of fused-ring (bicyclic) bond motifs is 1. The average molecular weight is 279 g/mol. The van der Waals surface area contributed by atoms with E-state index in [1.807, 2.05) is 60.0 Å². The van der Waals surface area contributed by atoms with Crippen molar-refractivity contribution < 1.29 is 5.11 Å². The summed E-state index contributed by atoms with van der Waals surface area (Å²) in [5, 5.41) is 23.9. The van der Waals surface area contributed by atoms with Gasteiger partial charge in [0.2, 0.25) is 0 Å². The molecule has 3 heteroatoms. The molecular weight excluding hydrogens is 266 g/mol. The van der Waals surface area contributed by atoms with Crippen LogP contribution < -0.4 is 0 Å². The minimum atomic E-state index is -0.777. The largest absolute Gasteiger partial charge is 0.386 e. The monoisotopic (exact) mass is 279 g/mol. The smallest absolute Gasteiger partial charge is 0.108 e. The second-order valence-electron chi connectivity index (χ2n) is 4.67. The second-order valence-corrected chi connectivity index (χ2v) is 5.65. The highest BCUT2D eigenvalue weighted by Gasteiger charge is 2.23. The maximum absolute atomic E-state index is 10.4. The third-order valence-corrected chi connectivity index (χ3v) is 4.37. The average Bonchev–Trinajstić information content (AvgIpc) is 3.02. The third-order valence-electron chi connectivity index (χ3n) is 3.42. The van der Waals surface area contributed by atoms with Crippen molar-refractivity contribution >= 4 is 22.1 Å². The lowest BCUT2D eigenvalue weighted by atomic mass is 9.92. The first-order valence-electron chi connectivity index (χ1n) is 6.39. The van der Waals surface area contributed by atoms with Gasteiger partial charge >= 0.3 is 0 Å². The number of hydrogen-bond donors (Lipinski definition) is 1. The van der Waals surface area contributed by atoms with Gasteiger partial charge in [-0.05, 0) is 33.8 Å². The number of benzene rings is 2. The molecule has 1 aromatic heterocycles. The van der Waals surface area contributed by atoms with Crippen LogP contribution in [0.15, 0.2) is 60.0 Å². The van der Waals surface area contributed by atoms with Gasteiger partial charge in [0, 0.05) is 4.88 Å². The van der Waals surface area contributed by atoms with E-state index >= 15 is 0 Å². The van der Waals surface area contributed by atoms with E-state index in [4.69, 9.17) is 0 Å². The predicted molar refractivity (Wildman–Crippen MR) is 81.6 cm³/mol. The molecule has 0 radical (unpaired) electrons. The fourth-order valence-corrected chi connectivity index (χ4v) is 3.10. The highest BCUT2D eigenvalue weighted by atomic mass is 32.1. The quantitative estimate of drug-likeness (QED) is 0.779. The van der Waals surface area contributed by atoms with Crippen LogP contribution in [0.3, 0.4) is 0 Å². The van der Waals surface area contributed by atoms with Gasteiger partial charge in [0.05, 0.1) is 6.07 Å². The number of hydrogen-bond acceptors (Lipinski definition) is 3. The minimum absolute atomic E-state index is 0.543. The SMILES string of the molecule is N#CC(c1ccc2ccccc2c1)C(O)c1cccs1. The zero-order valence-electron chi connectivity index (χ0n) is 10.7. The van der Waals surface area contributed by atoms with Crippen molar-refractivity contribution in [1.82, 2.24) is 0 Å². The molecule has 20 heavy (non-hydrogen) atoms. The summed E-state index contributed by atoms with van der Waals surface area (Å²) in [6, 6.07) is 19.9. The molecule has 0 fully saturated rings. The summed E-state index contributed by atoms with van der Waals surface area (Å²) in [7, 11) is 0. The molecule has 0 aliphatic rings. The lowest BCUT2D eigenvalue weighted by molar-refractivity contribution is 0.168. The highest BCUT2D eigenvalue weighted by molar-refractivity contribution is 7.10. The Morgan fingerprint density at radius 2 is 1.80 bits per heavy atom. The zero-order valence-corrected chi connectivity index (χ0v) is 11.5. The minimum Gasteiger partial charge on any atom is -0.386 e. The molecule has 0 amide bonds. The predicted octanol–water partition coefficient (Wildman–Crippen LogP) is 4.24. The van der Waals surface area contributed by atoms with E-state index in [1.54, 1.807) is 0 Å². The molecule has 1 heterocycles. The first-order chi connectivity index (χ1) is 9.79. The normalized spacial score (nSPS) is 13.8. The van der Waals surface area contributed by atoms with Crippen LogP contribution in [0, 0.1) is 11.3 Å². The number of nitriles is 1. The Bertz CT molecular complexity index is 758. The molecule has 0 bridgehead atoms. The maximum Gasteiger partial charge on any atom is 0.108 e. The summed E-state index contributed by atoms with van der Waals surface area (Å²) in [6.45, 7) is 0. The molecule has 2 unspecified atom stereocenters. The second kappa shape index (κ2) is 5.46. The molecule has 3 rings (SSSR count). The van der Waals surface area contributed by atoms with E-state index in [-0.39, 0.29) is 0 Å². The van der Waals surface area contributed by atoms with E-state index in [0.717, 1.165) is 21.2 Å². The summed E-state index contributed by atoms with van der Waals surface area (Å²) < 4.78 is 0. The van der Waals surface area contributed by atoms with E-state index < -0.39 is 12.0 Å². The molecule has 0 saturated heterocycles. The summed E-state index contributed by atoms with van der Waals surface area (Å²) >= 11 is 1.47. The molecule has 0 aliphatic carbocycles. The topological polar surface area (TPSA) is 44.0 Å². The highest BCUT2D eigenvalue weighted by Crippen LogP contribution is 2.34. The van der Waals surface area contributed by atoms with Gasteiger partial charge in [-0.2, -0.15) is 5.26 Å². The van der Waals surface area contributed by atoms with Gasteiger partial charge in [-0.1, -0.05) is 42.5 Å². The van der Waals surface area contributed by atoms with Crippen LogP contribution in [0.25, 0.3) is 10.8 Å². The third kappa shape index (κ3) is 2.32. The Balaban J connectivity index is 2.01. The molecule has 1 N–H and O–H groups in total. The summed E-state index contributed by atoms with van der Waals surface area (Å²) in [6.07, 6.45) is -0.777. The number of rotatable bonds is 3. The van der Waals surface area contributed by atoms with Crippen LogP contribution in [-0.2, 0) is 0 Å². The van der Waals surface area contributed by atoms with Gasteiger partial charge in [-0.25, -0.2) is 0 Å². The zero-order chi connectivity index (χ0) is 13.9. The van der Waals surface area contributed by atoms with Crippen LogP contribution in [0.5, 0.6) is 0 Å². The Hall–Kier alpha value is -2.15. The molecule has 0 aliphatic heterocycles. The number of aliphatic hydroxyl groups is 1. The number of aliphatic hydroxyl groups excluding tert-OH is 1. The molecule has 2 aromatic carbocycles. The molecule has 2 atom stereocenters. The Labute approximate surface area is 121 Å². The number of nitrogens with zero attached hydrogens (tertiary/aromatic N) is 1. The van der Waals surface area contributed by atoms with Crippen molar-refractivity contribution in [2.45, 2.75) is 12.0 Å². The molecular formula is C17H13NOS. The van der Waals surface area contributed by atoms with Crippen LogP contribution in [-0.4, -0.2) is 5.11 Å². The molecule has 0 saturated carbocycles. The van der Waals surface area contributed by atoms with Crippen LogP contribution >= 0.6 is 11.3 Å². The van der Waals surface area contributed by atoms with Gasteiger partial charge in [0.1, 0.15) is 12.0 Å². The van der Waals surface area contributed by atoms with Crippen molar-refractivity contribution in [1.29, 1.82) is 5.26 Å². The molecule has 0 spiro atoms. The van der Waals surface area contributed by atoms with Crippen molar-refractivity contribution in [3.8, 4) is 6.07 Å². The molecule has 3 aromatic rings. The first kappa shape index (κ1) is 12.9. The van der Waals surface area contributed by atoms with Gasteiger partial charge in [-0.15, -0.1) is 11.3 Å². The fourth-order valence-electron chi connectivity index (χ4n) is 2.35. The van der Waals surface area contributed by atoms with Gasteiger partial charge in [-0.3, -0.25) is 0 Å². The lowest BCUT2D eigenvalue weighted by Gasteiger charge is -2.16. The van der Waals surface area contributed by atoms with Crippen molar-refractivity contribution in [3.05, 3.63) is 70.4 Å². The Morgan fingerprint density at radius 3 is 2.50 bits per heavy atom. The van der Waals surface area contributed by atoms with E-state index in [1.165, 1.54) is 11.3 Å². The van der Waals surface area contributed by atoms with E-state index in [0.29, 0.717) is 0 Å². The molecule has 2 nitrogen and oxygen atoms in total. The van der Waals surface area contributed by atoms with Crippen LogP contribution in [0.4, 0.5) is 0 Å². The Morgan fingerprint density at radius 1 is 1.00 bits per heavy atom. The first-order valence-corrected chi connectivity index (χ1v) is 7.27. The summed E-state index contributed by atoms with van der Waals surface area (Å²) in [5.74, 6) is -0.543. The van der Waals surface area contributed by atoms with E-state index in [2.05, 4.69) is 6.07 Å². The standard InChI is InChI=1S/C17H13NOS/c18-11-15(17(19)16-6-3-9-20-16)14-8-7-12-4-1-2-5-13(12)10-14/h1-10,15,17,19H. The van der Waals surface area contributed by atoms with Crippen LogP contribution in [0.1, 0.15) is 22.5 Å². The molecule has 98 valence electrons. The van der Waals surface area contributed by atoms with Crippen molar-refractivity contribution in [2.24, 2.45) is 0 Å². The Kier molecular flexibility index (Phi) is 3.51. The maximum atomic E-state index is 10.4. The van der Waals surface area contributed by atoms with Gasteiger partial charge in [0.15, 0.2) is 0 Å². The van der Waals surface area contributed by atoms with E-state index in [9.17, 15) is 10.4 Å². The lowest BCUT2D eigenvalue weighted by Crippen LogP contribution is -2.07. The van der Waals surface area contributed by atoms with Crippen LogP contribution in [0.2, 0.25) is 0 Å². The van der Waals surface area contributed by atoms with Crippen molar-refractivity contribution in [3.63, 3.8) is 0 Å².